The maximum Gasteiger partial charge on any atom is 0.407 e. The second-order valence-electron chi connectivity index (χ2n) is 13.6. The molecule has 6 rings (SSSR count). The number of aliphatic hydroxyl groups is 2. The Morgan fingerprint density at radius 1 is 1.13 bits per heavy atom. The van der Waals surface area contributed by atoms with Crippen LogP contribution in [0.2, 0.25) is 0 Å². The summed E-state index contributed by atoms with van der Waals surface area (Å²) < 4.78 is 11.1. The fourth-order valence-corrected chi connectivity index (χ4v) is 9.97. The quantitative estimate of drug-likeness (QED) is 0.468. The molecular weight excluding hydrogens is 484 g/mol. The van der Waals surface area contributed by atoms with Gasteiger partial charge in [-0.15, -0.1) is 0 Å². The van der Waals surface area contributed by atoms with E-state index in [9.17, 15) is 19.8 Å². The third-order valence-corrected chi connectivity index (χ3v) is 12.2. The highest BCUT2D eigenvalue weighted by atomic mass is 16.6. The number of amides is 1. The van der Waals surface area contributed by atoms with E-state index in [2.05, 4.69) is 24.1 Å². The number of cyclic esters (lactones) is 1. The van der Waals surface area contributed by atoms with Gasteiger partial charge in [-0.05, 0) is 112 Å². The highest BCUT2D eigenvalue weighted by Crippen LogP contribution is 2.70. The first kappa shape index (κ1) is 26.6. The van der Waals surface area contributed by atoms with Gasteiger partial charge >= 0.3 is 12.1 Å². The second-order valence-corrected chi connectivity index (χ2v) is 13.6. The first-order valence-electron chi connectivity index (χ1n) is 15.1. The summed E-state index contributed by atoms with van der Waals surface area (Å²) >= 11 is 0. The summed E-state index contributed by atoms with van der Waals surface area (Å²) in [6.07, 6.45) is 9.76. The molecule has 3 N–H and O–H groups in total. The molecular formula is C30H46N2O6. The standard InChI is InChI=1S/C30H46N2O6/c1-28-9-7-21(38-27(35)31-11-14-32-12-3-4-13-32)16-20(28)5-6-23-24(28)17-25(33)29(2)22(8-10-30(23,29)36)19-15-26(34)37-18-19/h15,20-25,33,36H,3-14,16-18H2,1-2H3,(H,31,35)/t20-,21+,22-,23-,24+,25-,28+,29+,30+/m1/s1. The number of rotatable bonds is 5. The molecule has 9 atom stereocenters. The van der Waals surface area contributed by atoms with Gasteiger partial charge in [0.1, 0.15) is 12.7 Å². The number of likely N-dealkylation sites (tertiary alicyclic amines) is 1. The van der Waals surface area contributed by atoms with E-state index in [1.54, 1.807) is 6.08 Å². The van der Waals surface area contributed by atoms with Crippen LogP contribution in [0.3, 0.4) is 0 Å². The summed E-state index contributed by atoms with van der Waals surface area (Å²) in [7, 11) is 0. The molecule has 38 heavy (non-hydrogen) atoms. The molecule has 212 valence electrons. The Hall–Kier alpha value is -1.64. The third-order valence-electron chi connectivity index (χ3n) is 12.2. The number of fused-ring (bicyclic) bond motifs is 5. The second kappa shape index (κ2) is 9.77. The van der Waals surface area contributed by atoms with Crippen LogP contribution in [-0.4, -0.2) is 77.8 Å². The van der Waals surface area contributed by atoms with Crippen LogP contribution in [0.4, 0.5) is 4.79 Å². The van der Waals surface area contributed by atoms with Gasteiger partial charge in [0, 0.05) is 24.6 Å². The predicted octanol–water partition coefficient (Wildman–Crippen LogP) is 3.40. The number of carbonyl (C=O) groups excluding carboxylic acids is 2. The zero-order valence-corrected chi connectivity index (χ0v) is 23.1. The van der Waals surface area contributed by atoms with Gasteiger partial charge in [-0.25, -0.2) is 9.59 Å². The van der Waals surface area contributed by atoms with Crippen LogP contribution in [0.5, 0.6) is 0 Å². The lowest BCUT2D eigenvalue weighted by Gasteiger charge is -2.65. The molecule has 0 unspecified atom stereocenters. The van der Waals surface area contributed by atoms with Crippen molar-refractivity contribution in [2.24, 2.45) is 34.5 Å². The van der Waals surface area contributed by atoms with Gasteiger partial charge in [0.05, 0.1) is 11.7 Å². The minimum Gasteiger partial charge on any atom is -0.458 e. The Kier molecular flexibility index (Phi) is 6.83. The summed E-state index contributed by atoms with van der Waals surface area (Å²) in [5.74, 6) is 0.440. The molecule has 0 radical (unpaired) electrons. The van der Waals surface area contributed by atoms with Gasteiger partial charge < -0.3 is 29.9 Å². The maximum absolute atomic E-state index is 12.5. The number of nitrogens with one attached hydrogen (secondary N) is 1. The fourth-order valence-electron chi connectivity index (χ4n) is 9.97. The average Bonchev–Trinajstić information content (AvgIpc) is 3.61. The summed E-state index contributed by atoms with van der Waals surface area (Å²) in [5, 5.41) is 27.0. The predicted molar refractivity (Wildman–Crippen MR) is 141 cm³/mol. The number of ether oxygens (including phenoxy) is 2. The Labute approximate surface area is 226 Å². The van der Waals surface area contributed by atoms with Crippen molar-refractivity contribution < 1.29 is 29.3 Å². The van der Waals surface area contributed by atoms with E-state index < -0.39 is 17.1 Å². The topological polar surface area (TPSA) is 108 Å². The van der Waals surface area contributed by atoms with E-state index in [1.165, 1.54) is 12.8 Å². The van der Waals surface area contributed by atoms with Crippen molar-refractivity contribution in [2.75, 3.05) is 32.8 Å². The molecule has 0 aromatic rings. The SMILES string of the molecule is C[C@]12CC[C@H](OC(=O)NCCN3CCCC3)C[C@H]1CC[C@@H]1[C@@H]2C[C@@H](O)[C@]2(C)[C@@H](C3=CC(=O)OC3)CC[C@]12O. The molecule has 2 aliphatic heterocycles. The smallest absolute Gasteiger partial charge is 0.407 e. The van der Waals surface area contributed by atoms with Crippen molar-refractivity contribution in [2.45, 2.75) is 95.9 Å². The van der Waals surface area contributed by atoms with Crippen LogP contribution in [0.1, 0.15) is 78.1 Å². The molecule has 6 aliphatic rings. The van der Waals surface area contributed by atoms with Gasteiger partial charge in [-0.2, -0.15) is 0 Å². The van der Waals surface area contributed by atoms with Crippen LogP contribution < -0.4 is 5.32 Å². The molecule has 0 aromatic heterocycles. The first-order chi connectivity index (χ1) is 18.1. The third kappa shape index (κ3) is 4.12. The molecule has 8 nitrogen and oxygen atoms in total. The van der Waals surface area contributed by atoms with Gasteiger partial charge in [-0.3, -0.25) is 0 Å². The molecule has 5 fully saturated rings. The highest BCUT2D eigenvalue weighted by Gasteiger charge is 2.70. The molecule has 4 aliphatic carbocycles. The molecule has 1 saturated heterocycles. The fraction of sp³-hybridized carbons (Fsp3) is 0.867. The van der Waals surface area contributed by atoms with Crippen molar-refractivity contribution in [1.82, 2.24) is 10.2 Å². The Morgan fingerprint density at radius 2 is 1.92 bits per heavy atom. The number of hydrogen-bond donors (Lipinski definition) is 3. The zero-order chi connectivity index (χ0) is 26.7. The van der Waals surface area contributed by atoms with Crippen LogP contribution >= 0.6 is 0 Å². The van der Waals surface area contributed by atoms with Crippen molar-refractivity contribution in [3.63, 3.8) is 0 Å². The molecule has 2 heterocycles. The number of hydrogen-bond acceptors (Lipinski definition) is 7. The zero-order valence-electron chi connectivity index (χ0n) is 23.1. The lowest BCUT2D eigenvalue weighted by Crippen LogP contribution is -2.67. The maximum atomic E-state index is 12.5. The van der Waals surface area contributed by atoms with Crippen molar-refractivity contribution in [1.29, 1.82) is 0 Å². The largest absolute Gasteiger partial charge is 0.458 e. The van der Waals surface area contributed by atoms with E-state index in [4.69, 9.17) is 9.47 Å². The first-order valence-corrected chi connectivity index (χ1v) is 15.1. The van der Waals surface area contributed by atoms with Crippen LogP contribution in [0.15, 0.2) is 11.6 Å². The summed E-state index contributed by atoms with van der Waals surface area (Å²) in [5.41, 5.74) is -0.688. The molecule has 0 aromatic carbocycles. The van der Waals surface area contributed by atoms with Crippen molar-refractivity contribution >= 4 is 12.1 Å². The van der Waals surface area contributed by atoms with Gasteiger partial charge in [0.15, 0.2) is 0 Å². The number of nitrogens with zero attached hydrogens (tertiary/aromatic N) is 1. The summed E-state index contributed by atoms with van der Waals surface area (Å²) in [6, 6.07) is 0. The molecule has 0 spiro atoms. The lowest BCUT2D eigenvalue weighted by atomic mass is 9.42. The van der Waals surface area contributed by atoms with Crippen LogP contribution in [0.25, 0.3) is 0 Å². The molecule has 0 bridgehead atoms. The molecule has 4 saturated carbocycles. The summed E-state index contributed by atoms with van der Waals surface area (Å²) in [6.45, 7) is 8.45. The molecule has 1 amide bonds. The number of aliphatic hydroxyl groups excluding tert-OH is 1. The van der Waals surface area contributed by atoms with E-state index in [0.717, 1.165) is 63.7 Å². The van der Waals surface area contributed by atoms with E-state index in [1.807, 2.05) is 0 Å². The highest BCUT2D eigenvalue weighted by molar-refractivity contribution is 5.85. The van der Waals surface area contributed by atoms with E-state index in [-0.39, 0.29) is 47.9 Å². The number of esters is 1. The minimum absolute atomic E-state index is 0.0108. The van der Waals surface area contributed by atoms with Crippen molar-refractivity contribution in [3.8, 4) is 0 Å². The van der Waals surface area contributed by atoms with Gasteiger partial charge in [0.2, 0.25) is 0 Å². The Bertz CT molecular complexity index is 980. The average molecular weight is 531 g/mol. The molecule has 8 heteroatoms. The van der Waals surface area contributed by atoms with Crippen molar-refractivity contribution in [3.05, 3.63) is 11.6 Å². The Balaban J connectivity index is 1.11. The lowest BCUT2D eigenvalue weighted by molar-refractivity contribution is -0.244. The van der Waals surface area contributed by atoms with E-state index >= 15 is 0 Å². The summed E-state index contributed by atoms with van der Waals surface area (Å²) in [4.78, 5) is 26.7. The number of alkyl carbamates (subject to hydrolysis) is 1. The normalized spacial score (nSPS) is 46.5. The van der Waals surface area contributed by atoms with E-state index in [0.29, 0.717) is 25.3 Å². The van der Waals surface area contributed by atoms with Crippen LogP contribution in [-0.2, 0) is 14.3 Å². The minimum atomic E-state index is -0.955. The van der Waals surface area contributed by atoms with Gasteiger partial charge in [-0.1, -0.05) is 13.8 Å². The monoisotopic (exact) mass is 530 g/mol. The Morgan fingerprint density at radius 3 is 2.66 bits per heavy atom. The van der Waals surface area contributed by atoms with Gasteiger partial charge in [0.25, 0.3) is 0 Å². The van der Waals surface area contributed by atoms with Crippen LogP contribution in [0, 0.1) is 34.5 Å². The number of carbonyl (C=O) groups is 2.